The normalized spacial score (nSPS) is 15.4. The zero-order valence-corrected chi connectivity index (χ0v) is 20.9. The van der Waals surface area contributed by atoms with Gasteiger partial charge in [-0.15, -0.1) is 10.2 Å². The maximum Gasteiger partial charge on any atom is 0.322 e. The second-order valence-corrected chi connectivity index (χ2v) is 8.57. The van der Waals surface area contributed by atoms with E-state index >= 15 is 0 Å². The third-order valence-electron chi connectivity index (χ3n) is 6.21. The molecule has 35 heavy (non-hydrogen) atoms. The standard InChI is InChI=1S/C27H27N5O.C2H6.H2/c1-19-12-14-22(15-13-19)28-27(33)32-17-16-31(18-20(32)2)26-24-11-7-6-10-23(24)25(29-30-26)21-8-4-3-5-9-21;1-2;/h3-15,20H,16-18H2,1-2H3,(H,28,33);1-2H3;1H/t20-;;/m0../s1. The predicted molar refractivity (Wildman–Crippen MR) is 147 cm³/mol. The Labute approximate surface area is 209 Å². The van der Waals surface area contributed by atoms with E-state index in [0.717, 1.165) is 33.5 Å². The van der Waals surface area contributed by atoms with Crippen LogP contribution in [0.3, 0.4) is 0 Å². The molecule has 0 spiro atoms. The third kappa shape index (κ3) is 5.27. The molecule has 6 nitrogen and oxygen atoms in total. The molecule has 1 aromatic heterocycles. The molecular formula is C29H35N5O. The van der Waals surface area contributed by atoms with Crippen molar-refractivity contribution in [2.75, 3.05) is 29.9 Å². The molecule has 182 valence electrons. The Morgan fingerprint density at radius 1 is 0.886 bits per heavy atom. The zero-order chi connectivity index (χ0) is 24.8. The molecule has 4 aromatic rings. The highest BCUT2D eigenvalue weighted by molar-refractivity contribution is 6.00. The van der Waals surface area contributed by atoms with Crippen LogP contribution in [0.1, 0.15) is 27.8 Å². The van der Waals surface area contributed by atoms with Crippen LogP contribution in [0.4, 0.5) is 16.3 Å². The number of fused-ring (bicyclic) bond motifs is 1. The van der Waals surface area contributed by atoms with Gasteiger partial charge < -0.3 is 15.1 Å². The van der Waals surface area contributed by atoms with E-state index in [1.165, 1.54) is 5.56 Å². The summed E-state index contributed by atoms with van der Waals surface area (Å²) >= 11 is 0. The van der Waals surface area contributed by atoms with Crippen molar-refractivity contribution in [2.45, 2.75) is 33.7 Å². The van der Waals surface area contributed by atoms with E-state index in [9.17, 15) is 4.79 Å². The minimum atomic E-state index is -0.0682. The lowest BCUT2D eigenvalue weighted by Crippen LogP contribution is -2.55. The third-order valence-corrected chi connectivity index (χ3v) is 6.21. The fraction of sp³-hybridized carbons (Fsp3) is 0.276. The van der Waals surface area contributed by atoms with Crippen LogP contribution in [0.25, 0.3) is 22.0 Å². The number of carbonyl (C=O) groups is 1. The van der Waals surface area contributed by atoms with Gasteiger partial charge in [-0.05, 0) is 26.0 Å². The second-order valence-electron chi connectivity index (χ2n) is 8.57. The Hall–Kier alpha value is -3.93. The Balaban J connectivity index is 0.00000117. The van der Waals surface area contributed by atoms with Gasteiger partial charge in [-0.1, -0.05) is 86.1 Å². The van der Waals surface area contributed by atoms with Gasteiger partial charge in [0.1, 0.15) is 5.69 Å². The van der Waals surface area contributed by atoms with E-state index in [0.29, 0.717) is 19.6 Å². The van der Waals surface area contributed by atoms with Gasteiger partial charge in [0.2, 0.25) is 0 Å². The smallest absolute Gasteiger partial charge is 0.322 e. The van der Waals surface area contributed by atoms with Gasteiger partial charge in [-0.2, -0.15) is 0 Å². The van der Waals surface area contributed by atoms with Crippen molar-refractivity contribution in [3.05, 3.63) is 84.4 Å². The molecule has 1 aliphatic rings. The van der Waals surface area contributed by atoms with Crippen LogP contribution < -0.4 is 10.2 Å². The number of rotatable bonds is 3. The number of nitrogens with zero attached hydrogens (tertiary/aromatic N) is 4. The molecule has 1 atom stereocenters. The lowest BCUT2D eigenvalue weighted by molar-refractivity contribution is 0.184. The number of amides is 2. The SMILES string of the molecule is CC.Cc1ccc(NC(=O)N2CCN(c3nnc(-c4ccccc4)c4ccccc34)C[C@@H]2C)cc1.[HH]. The number of anilines is 2. The van der Waals surface area contributed by atoms with Gasteiger partial charge in [-0.25, -0.2) is 4.79 Å². The van der Waals surface area contributed by atoms with Crippen molar-refractivity contribution in [1.82, 2.24) is 15.1 Å². The lowest BCUT2D eigenvalue weighted by atomic mass is 10.0. The van der Waals surface area contributed by atoms with Gasteiger partial charge in [-0.3, -0.25) is 0 Å². The monoisotopic (exact) mass is 469 g/mol. The van der Waals surface area contributed by atoms with E-state index in [1.807, 2.05) is 80.3 Å². The van der Waals surface area contributed by atoms with Crippen molar-refractivity contribution in [2.24, 2.45) is 0 Å². The summed E-state index contributed by atoms with van der Waals surface area (Å²) in [6.45, 7) is 10.1. The molecule has 0 radical (unpaired) electrons. The summed E-state index contributed by atoms with van der Waals surface area (Å²) in [7, 11) is 0. The summed E-state index contributed by atoms with van der Waals surface area (Å²) in [4.78, 5) is 17.0. The fourth-order valence-electron chi connectivity index (χ4n) is 4.42. The van der Waals surface area contributed by atoms with Crippen LogP contribution in [-0.4, -0.2) is 46.8 Å². The maximum absolute atomic E-state index is 12.9. The summed E-state index contributed by atoms with van der Waals surface area (Å²) in [5.41, 5.74) is 3.92. The Kier molecular flexibility index (Phi) is 7.60. The Bertz CT molecular complexity index is 1280. The van der Waals surface area contributed by atoms with Crippen LogP contribution in [0, 0.1) is 6.92 Å². The molecule has 1 fully saturated rings. The van der Waals surface area contributed by atoms with Gasteiger partial charge in [0, 0.05) is 49.1 Å². The summed E-state index contributed by atoms with van der Waals surface area (Å²) in [5.74, 6) is 0.871. The van der Waals surface area contributed by atoms with Crippen molar-refractivity contribution in [3.8, 4) is 11.3 Å². The molecule has 0 unspecified atom stereocenters. The molecule has 2 heterocycles. The highest BCUT2D eigenvalue weighted by Gasteiger charge is 2.29. The molecule has 1 saturated heterocycles. The predicted octanol–water partition coefficient (Wildman–Crippen LogP) is 6.62. The van der Waals surface area contributed by atoms with Crippen LogP contribution in [0.2, 0.25) is 0 Å². The second kappa shape index (κ2) is 11.0. The molecule has 5 rings (SSSR count). The van der Waals surface area contributed by atoms with Gasteiger partial charge >= 0.3 is 6.03 Å². The number of carbonyl (C=O) groups excluding carboxylic acids is 1. The number of hydrogen-bond acceptors (Lipinski definition) is 4. The van der Waals surface area contributed by atoms with Gasteiger partial charge in [0.25, 0.3) is 0 Å². The summed E-state index contributed by atoms with van der Waals surface area (Å²) < 4.78 is 0. The summed E-state index contributed by atoms with van der Waals surface area (Å²) in [6.07, 6.45) is 0. The molecule has 0 aliphatic carbocycles. The van der Waals surface area contributed by atoms with Crippen LogP contribution in [-0.2, 0) is 0 Å². The first-order valence-electron chi connectivity index (χ1n) is 12.3. The topological polar surface area (TPSA) is 61.4 Å². The fourth-order valence-corrected chi connectivity index (χ4v) is 4.42. The average molecular weight is 470 g/mol. The van der Waals surface area contributed by atoms with Crippen LogP contribution >= 0.6 is 0 Å². The van der Waals surface area contributed by atoms with Crippen molar-refractivity contribution >= 4 is 28.3 Å². The Morgan fingerprint density at radius 2 is 1.54 bits per heavy atom. The van der Waals surface area contributed by atoms with E-state index in [1.54, 1.807) is 0 Å². The van der Waals surface area contributed by atoms with Crippen molar-refractivity contribution in [1.29, 1.82) is 0 Å². The largest absolute Gasteiger partial charge is 0.351 e. The molecule has 0 saturated carbocycles. The van der Waals surface area contributed by atoms with E-state index in [4.69, 9.17) is 0 Å². The van der Waals surface area contributed by atoms with Crippen molar-refractivity contribution < 1.29 is 6.22 Å². The number of piperazine rings is 1. The van der Waals surface area contributed by atoms with E-state index < -0.39 is 0 Å². The molecular weight excluding hydrogens is 434 g/mol. The van der Waals surface area contributed by atoms with Crippen molar-refractivity contribution in [3.63, 3.8) is 0 Å². The number of urea groups is 1. The number of aryl methyl sites for hydroxylation is 1. The highest BCUT2D eigenvalue weighted by Crippen LogP contribution is 2.32. The molecule has 0 bridgehead atoms. The molecule has 3 aromatic carbocycles. The summed E-state index contributed by atoms with van der Waals surface area (Å²) in [6, 6.07) is 26.3. The quantitative estimate of drug-likeness (QED) is 0.366. The zero-order valence-electron chi connectivity index (χ0n) is 20.9. The maximum atomic E-state index is 12.9. The molecule has 6 heteroatoms. The minimum Gasteiger partial charge on any atom is -0.351 e. The number of hydrogen-bond donors (Lipinski definition) is 1. The van der Waals surface area contributed by atoms with Gasteiger partial charge in [0.05, 0.1) is 0 Å². The number of benzene rings is 3. The van der Waals surface area contributed by atoms with E-state index in [-0.39, 0.29) is 13.5 Å². The summed E-state index contributed by atoms with van der Waals surface area (Å²) in [5, 5.41) is 14.4. The highest BCUT2D eigenvalue weighted by atomic mass is 16.2. The molecule has 2 amide bonds. The first-order chi connectivity index (χ1) is 17.1. The first-order valence-corrected chi connectivity index (χ1v) is 12.3. The van der Waals surface area contributed by atoms with Gasteiger partial charge in [0.15, 0.2) is 5.82 Å². The number of nitrogens with one attached hydrogen (secondary N) is 1. The minimum absolute atomic E-state index is 0. The average Bonchev–Trinajstić information content (AvgIpc) is 2.91. The van der Waals surface area contributed by atoms with Crippen LogP contribution in [0.15, 0.2) is 78.9 Å². The van der Waals surface area contributed by atoms with Crippen LogP contribution in [0.5, 0.6) is 0 Å². The first kappa shape index (κ1) is 24.2. The Morgan fingerprint density at radius 3 is 2.23 bits per heavy atom. The van der Waals surface area contributed by atoms with E-state index in [2.05, 4.69) is 51.6 Å². The molecule has 1 aliphatic heterocycles. The lowest BCUT2D eigenvalue weighted by Gasteiger charge is -2.40. The number of aromatic nitrogens is 2. The molecule has 1 N–H and O–H groups in total.